The van der Waals surface area contributed by atoms with Crippen molar-refractivity contribution in [2.45, 2.75) is 25.8 Å². The summed E-state index contributed by atoms with van der Waals surface area (Å²) in [5.74, 6) is -1.72. The van der Waals surface area contributed by atoms with Crippen LogP contribution in [0.3, 0.4) is 0 Å². The lowest BCUT2D eigenvalue weighted by Gasteiger charge is -2.33. The highest BCUT2D eigenvalue weighted by Gasteiger charge is 2.27. The van der Waals surface area contributed by atoms with Crippen LogP contribution in [0.2, 0.25) is 5.02 Å². The van der Waals surface area contributed by atoms with Crippen LogP contribution in [0, 0.1) is 17.6 Å². The van der Waals surface area contributed by atoms with E-state index in [1.165, 1.54) is 4.90 Å². The van der Waals surface area contributed by atoms with E-state index in [1.54, 1.807) is 0 Å². The van der Waals surface area contributed by atoms with E-state index in [-0.39, 0.29) is 29.0 Å². The Labute approximate surface area is 133 Å². The second-order valence-electron chi connectivity index (χ2n) is 5.23. The van der Waals surface area contributed by atoms with E-state index < -0.39 is 17.5 Å². The third-order valence-electron chi connectivity index (χ3n) is 3.81. The first-order valence-corrected chi connectivity index (χ1v) is 6.97. The van der Waals surface area contributed by atoms with E-state index in [4.69, 9.17) is 17.3 Å². The van der Waals surface area contributed by atoms with Crippen molar-refractivity contribution in [2.75, 3.05) is 13.1 Å². The number of benzene rings is 1. The summed E-state index contributed by atoms with van der Waals surface area (Å²) in [6, 6.07) is 1.77. The van der Waals surface area contributed by atoms with Crippen molar-refractivity contribution < 1.29 is 13.6 Å². The van der Waals surface area contributed by atoms with Crippen LogP contribution in [0.4, 0.5) is 8.78 Å². The summed E-state index contributed by atoms with van der Waals surface area (Å²) in [4.78, 5) is 13.7. The van der Waals surface area contributed by atoms with Crippen LogP contribution in [0.15, 0.2) is 12.1 Å². The Bertz CT molecular complexity index is 518. The summed E-state index contributed by atoms with van der Waals surface area (Å²) in [7, 11) is 0. The number of hydrogen-bond donors (Lipinski definition) is 1. The van der Waals surface area contributed by atoms with Crippen molar-refractivity contribution >= 4 is 29.9 Å². The number of carbonyl (C=O) groups excluding carboxylic acids is 1. The number of hydrogen-bond acceptors (Lipinski definition) is 2. The molecule has 0 saturated carbocycles. The molecule has 0 aliphatic carbocycles. The van der Waals surface area contributed by atoms with Crippen molar-refractivity contribution in [2.24, 2.45) is 11.7 Å². The van der Waals surface area contributed by atoms with Crippen molar-refractivity contribution in [3.8, 4) is 0 Å². The average Bonchev–Trinajstić information content (AvgIpc) is 2.42. The molecular weight excluding hydrogens is 321 g/mol. The van der Waals surface area contributed by atoms with Crippen molar-refractivity contribution in [3.63, 3.8) is 0 Å². The third-order valence-corrected chi connectivity index (χ3v) is 4.10. The van der Waals surface area contributed by atoms with Crippen molar-refractivity contribution in [1.29, 1.82) is 0 Å². The third kappa shape index (κ3) is 4.05. The van der Waals surface area contributed by atoms with E-state index >= 15 is 0 Å². The number of likely N-dealkylation sites (tertiary alicyclic amines) is 1. The van der Waals surface area contributed by atoms with Gasteiger partial charge in [-0.15, -0.1) is 12.4 Å². The van der Waals surface area contributed by atoms with Crippen molar-refractivity contribution in [3.05, 3.63) is 34.4 Å². The fraction of sp³-hybridized carbons (Fsp3) is 0.500. The molecule has 1 heterocycles. The molecule has 1 saturated heterocycles. The van der Waals surface area contributed by atoms with Crippen LogP contribution in [-0.4, -0.2) is 29.9 Å². The molecule has 1 amide bonds. The molecule has 118 valence electrons. The first-order chi connectivity index (χ1) is 9.40. The van der Waals surface area contributed by atoms with Crippen LogP contribution in [-0.2, 0) is 0 Å². The summed E-state index contributed by atoms with van der Waals surface area (Å²) in [5.41, 5.74) is 5.56. The zero-order valence-electron chi connectivity index (χ0n) is 11.6. The predicted molar refractivity (Wildman–Crippen MR) is 80.9 cm³/mol. The topological polar surface area (TPSA) is 46.3 Å². The Morgan fingerprint density at radius 3 is 2.43 bits per heavy atom. The second-order valence-corrected chi connectivity index (χ2v) is 5.64. The predicted octanol–water partition coefficient (Wildman–Crippen LogP) is 3.24. The van der Waals surface area contributed by atoms with Gasteiger partial charge in [0.05, 0.1) is 10.6 Å². The van der Waals surface area contributed by atoms with Crippen molar-refractivity contribution in [1.82, 2.24) is 4.90 Å². The van der Waals surface area contributed by atoms with Crippen LogP contribution in [0.25, 0.3) is 0 Å². The minimum atomic E-state index is -0.796. The largest absolute Gasteiger partial charge is 0.339 e. The maximum absolute atomic E-state index is 13.7. The van der Waals surface area contributed by atoms with Gasteiger partial charge in [-0.2, -0.15) is 0 Å². The molecule has 1 unspecified atom stereocenters. The highest BCUT2D eigenvalue weighted by molar-refractivity contribution is 6.30. The van der Waals surface area contributed by atoms with Gasteiger partial charge >= 0.3 is 0 Å². The van der Waals surface area contributed by atoms with Crippen LogP contribution >= 0.6 is 24.0 Å². The Morgan fingerprint density at radius 1 is 1.33 bits per heavy atom. The molecule has 2 N–H and O–H groups in total. The molecule has 1 atom stereocenters. The highest BCUT2D eigenvalue weighted by Crippen LogP contribution is 2.24. The molecule has 2 rings (SSSR count). The SMILES string of the molecule is CC(N)C1CCN(C(=O)c2cc(F)c(Cl)cc2F)CC1.Cl. The molecule has 1 aromatic rings. The minimum absolute atomic E-state index is 0. The molecule has 0 radical (unpaired) electrons. The molecule has 1 aromatic carbocycles. The lowest BCUT2D eigenvalue weighted by atomic mass is 9.90. The Kier molecular flexibility index (Phi) is 6.38. The van der Waals surface area contributed by atoms with E-state index in [2.05, 4.69) is 0 Å². The smallest absolute Gasteiger partial charge is 0.256 e. The molecule has 3 nitrogen and oxygen atoms in total. The second kappa shape index (κ2) is 7.38. The standard InChI is InChI=1S/C14H17ClF2N2O.ClH/c1-8(18)9-2-4-19(5-3-9)14(20)10-6-13(17)11(15)7-12(10)16;/h6-9H,2-5,18H2,1H3;1H. The Morgan fingerprint density at radius 2 is 1.90 bits per heavy atom. The van der Waals surface area contributed by atoms with E-state index in [0.717, 1.165) is 25.0 Å². The Balaban J connectivity index is 0.00000220. The molecule has 21 heavy (non-hydrogen) atoms. The van der Waals surface area contributed by atoms with E-state index in [1.807, 2.05) is 6.92 Å². The van der Waals surface area contributed by atoms with E-state index in [9.17, 15) is 13.6 Å². The van der Waals surface area contributed by atoms with Gasteiger partial charge in [-0.25, -0.2) is 8.78 Å². The average molecular weight is 339 g/mol. The number of amides is 1. The summed E-state index contributed by atoms with van der Waals surface area (Å²) in [6.07, 6.45) is 1.56. The zero-order chi connectivity index (χ0) is 14.9. The first kappa shape index (κ1) is 18.1. The van der Waals surface area contributed by atoms with Gasteiger partial charge in [0.1, 0.15) is 11.6 Å². The van der Waals surface area contributed by atoms with Gasteiger partial charge in [0.25, 0.3) is 5.91 Å². The van der Waals surface area contributed by atoms with Gasteiger partial charge in [-0.05, 0) is 37.8 Å². The summed E-state index contributed by atoms with van der Waals surface area (Å²) in [5, 5.41) is -0.324. The highest BCUT2D eigenvalue weighted by atomic mass is 35.5. The maximum atomic E-state index is 13.7. The number of nitrogens with zero attached hydrogens (tertiary/aromatic N) is 1. The summed E-state index contributed by atoms with van der Waals surface area (Å²) < 4.78 is 27.1. The van der Waals surface area contributed by atoms with Gasteiger partial charge in [0, 0.05) is 19.1 Å². The van der Waals surface area contributed by atoms with Crippen LogP contribution in [0.5, 0.6) is 0 Å². The minimum Gasteiger partial charge on any atom is -0.339 e. The number of rotatable bonds is 2. The quantitative estimate of drug-likeness (QED) is 0.841. The first-order valence-electron chi connectivity index (χ1n) is 6.59. The molecule has 0 bridgehead atoms. The van der Waals surface area contributed by atoms with Gasteiger partial charge in [0.2, 0.25) is 0 Å². The van der Waals surface area contributed by atoms with Crippen LogP contribution < -0.4 is 5.73 Å². The fourth-order valence-electron chi connectivity index (χ4n) is 2.49. The molecule has 0 spiro atoms. The Hall–Kier alpha value is -0.910. The zero-order valence-corrected chi connectivity index (χ0v) is 13.2. The lowest BCUT2D eigenvalue weighted by molar-refractivity contribution is 0.0675. The normalized spacial score (nSPS) is 17.3. The molecule has 1 aliphatic heterocycles. The van der Waals surface area contributed by atoms with Gasteiger partial charge in [0.15, 0.2) is 0 Å². The molecular formula is C14H18Cl2F2N2O. The van der Waals surface area contributed by atoms with Gasteiger partial charge in [-0.1, -0.05) is 11.6 Å². The van der Waals surface area contributed by atoms with Crippen LogP contribution in [0.1, 0.15) is 30.1 Å². The van der Waals surface area contributed by atoms with Gasteiger partial charge < -0.3 is 10.6 Å². The maximum Gasteiger partial charge on any atom is 0.256 e. The molecule has 0 aromatic heterocycles. The number of carbonyl (C=O) groups is 1. The lowest BCUT2D eigenvalue weighted by Crippen LogP contribution is -2.42. The molecule has 1 fully saturated rings. The monoisotopic (exact) mass is 338 g/mol. The summed E-state index contributed by atoms with van der Waals surface area (Å²) in [6.45, 7) is 2.96. The number of halogens is 4. The fourth-order valence-corrected chi connectivity index (χ4v) is 2.64. The van der Waals surface area contributed by atoms with Gasteiger partial charge in [-0.3, -0.25) is 4.79 Å². The molecule has 7 heteroatoms. The molecule has 1 aliphatic rings. The summed E-state index contributed by atoms with van der Waals surface area (Å²) >= 11 is 5.48. The number of nitrogens with two attached hydrogens (primary N) is 1. The number of piperidine rings is 1. The van der Waals surface area contributed by atoms with E-state index in [0.29, 0.717) is 19.0 Å².